The van der Waals surface area contributed by atoms with Gasteiger partial charge in [-0.05, 0) is 106 Å². The lowest BCUT2D eigenvalue weighted by Gasteiger charge is -2.24. The number of amides is 3. The fraction of sp³-hybridized carbons (Fsp3) is 0.518. The van der Waals surface area contributed by atoms with Crippen LogP contribution in [0.15, 0.2) is 91.0 Å². The maximum Gasteiger partial charge on any atom is 0.408 e. The number of nitrogens with two attached hydrogens (primary N) is 1. The van der Waals surface area contributed by atoms with E-state index in [0.717, 1.165) is 16.7 Å². The molecule has 80 heavy (non-hydrogen) atoms. The normalized spacial score (nSPS) is 12.5. The van der Waals surface area contributed by atoms with Crippen molar-refractivity contribution >= 4 is 70.0 Å². The summed E-state index contributed by atoms with van der Waals surface area (Å²) < 4.78 is 35.6. The molecule has 0 heterocycles. The SMILES string of the molecule is CC(C)(C)OC(=O)[C@@H](N)CC(=O)O.CC(C)(C)OC(=O)[C@H](CC(=O)O)NC(=O)OCc1ccccc1.CC(C)(C)OC(=O)[C@H](CCBr)NC(=O)OCc1ccccc1.CC(C)(C)OC(=O)[C@H](CCO)NC(=O)OCc1ccccc1. The van der Waals surface area contributed by atoms with Gasteiger partial charge in [-0.1, -0.05) is 107 Å². The van der Waals surface area contributed by atoms with Gasteiger partial charge in [0.1, 0.15) is 66.4 Å². The largest absolute Gasteiger partial charge is 0.481 e. The van der Waals surface area contributed by atoms with Gasteiger partial charge in [0.05, 0.1) is 12.8 Å². The molecule has 3 aromatic rings. The Morgan fingerprint density at radius 3 is 1.00 bits per heavy atom. The second-order valence-electron chi connectivity index (χ2n) is 21.2. The smallest absolute Gasteiger partial charge is 0.408 e. The van der Waals surface area contributed by atoms with Crippen LogP contribution >= 0.6 is 15.9 Å². The Kier molecular flexibility index (Phi) is 33.4. The summed E-state index contributed by atoms with van der Waals surface area (Å²) in [5.41, 5.74) is 5.08. The maximum atomic E-state index is 12.0. The van der Waals surface area contributed by atoms with Gasteiger partial charge in [-0.2, -0.15) is 0 Å². The Bertz CT molecular complexity index is 2280. The Hall–Kier alpha value is -7.31. The van der Waals surface area contributed by atoms with Gasteiger partial charge in [-0.15, -0.1) is 0 Å². The predicted molar refractivity (Wildman–Crippen MR) is 297 cm³/mol. The standard InChI is InChI=1S/C16H22BrNO4.C16H21NO6.C16H23NO5.C8H15NO4/c1-16(2,3)22-14(19)13(9-10-17)18-15(20)21-11-12-7-5-4-6-8-12;1-16(2,3)23-14(20)12(9-13(18)19)17-15(21)22-10-11-7-5-4-6-8-11;1-16(2,3)22-14(19)13(9-10-18)17-15(20)21-11-12-7-5-4-6-8-12;1-8(2,3)13-7(12)5(9)4-6(10)11/h4-8,13H,9-11H2,1-3H3,(H,18,20);4-8,12H,9-10H2,1-3H3,(H,17,21)(H,18,19);4-8,13,18H,9-11H2,1-3H3,(H,17,20);5H,4,9H2,1-3H3,(H,10,11)/t13-;12-;13-;5-/m0000/s1. The molecule has 3 aromatic carbocycles. The van der Waals surface area contributed by atoms with Gasteiger partial charge in [-0.3, -0.25) is 14.4 Å². The monoisotopic (exact) mass is 1190 g/mol. The first-order valence-corrected chi connectivity index (χ1v) is 26.3. The second-order valence-corrected chi connectivity index (χ2v) is 22.0. The van der Waals surface area contributed by atoms with Crippen molar-refractivity contribution in [2.45, 2.75) is 175 Å². The van der Waals surface area contributed by atoms with Crippen LogP contribution in [0.25, 0.3) is 0 Å². The van der Waals surface area contributed by atoms with Crippen LogP contribution in [-0.4, -0.2) is 128 Å². The first kappa shape index (κ1) is 72.7. The third kappa shape index (κ3) is 39.1. The van der Waals surface area contributed by atoms with Gasteiger partial charge in [0.15, 0.2) is 0 Å². The predicted octanol–water partition coefficient (Wildman–Crippen LogP) is 7.64. The number of aliphatic carboxylic acids is 2. The van der Waals surface area contributed by atoms with E-state index in [1.807, 2.05) is 66.7 Å². The van der Waals surface area contributed by atoms with Crippen LogP contribution in [0.3, 0.4) is 0 Å². The van der Waals surface area contributed by atoms with Crippen LogP contribution in [0, 0.1) is 0 Å². The molecule has 3 amide bonds. The van der Waals surface area contributed by atoms with Gasteiger partial charge < -0.3 is 70.2 Å². The summed E-state index contributed by atoms with van der Waals surface area (Å²) in [6.07, 6.45) is -2.76. The number of aliphatic hydroxyl groups excluding tert-OH is 1. The van der Waals surface area contributed by atoms with Crippen LogP contribution in [0.4, 0.5) is 14.4 Å². The van der Waals surface area contributed by atoms with Crippen LogP contribution in [-0.2, 0) is 81.7 Å². The number of rotatable bonds is 21. The molecule has 0 aromatic heterocycles. The minimum atomic E-state index is -1.31. The van der Waals surface area contributed by atoms with Crippen molar-refractivity contribution in [2.75, 3.05) is 11.9 Å². The molecule has 23 nitrogen and oxygen atoms in total. The molecule has 0 saturated carbocycles. The summed E-state index contributed by atoms with van der Waals surface area (Å²) in [6.45, 7) is 20.6. The van der Waals surface area contributed by atoms with Crippen molar-refractivity contribution in [3.8, 4) is 0 Å². The van der Waals surface area contributed by atoms with E-state index >= 15 is 0 Å². The number of carbonyl (C=O) groups is 9. The highest BCUT2D eigenvalue weighted by Gasteiger charge is 2.31. The highest BCUT2D eigenvalue weighted by atomic mass is 79.9. The Labute approximate surface area is 476 Å². The fourth-order valence-corrected chi connectivity index (χ4v) is 6.05. The molecule has 24 heteroatoms. The topological polar surface area (TPSA) is 341 Å². The molecule has 0 unspecified atom stereocenters. The zero-order chi connectivity index (χ0) is 61.3. The number of alkyl carbamates (subject to hydrolysis) is 3. The molecule has 0 aliphatic rings. The van der Waals surface area contributed by atoms with Crippen LogP contribution < -0.4 is 21.7 Å². The van der Waals surface area contributed by atoms with Gasteiger partial charge in [0.25, 0.3) is 0 Å². The number of halogens is 1. The molecular weight excluding hydrogens is 1110 g/mol. The quantitative estimate of drug-likeness (QED) is 0.0306. The van der Waals surface area contributed by atoms with Crippen molar-refractivity contribution in [3.05, 3.63) is 108 Å². The molecule has 0 aliphatic carbocycles. The zero-order valence-electron chi connectivity index (χ0n) is 47.7. The summed E-state index contributed by atoms with van der Waals surface area (Å²) in [5.74, 6) is -4.92. The van der Waals surface area contributed by atoms with Crippen molar-refractivity contribution in [3.63, 3.8) is 0 Å². The third-order valence-electron chi connectivity index (χ3n) is 8.89. The van der Waals surface area contributed by atoms with Gasteiger partial charge in [-0.25, -0.2) is 28.8 Å². The average molecular weight is 1190 g/mol. The summed E-state index contributed by atoms with van der Waals surface area (Å²) in [4.78, 5) is 103. The highest BCUT2D eigenvalue weighted by Crippen LogP contribution is 2.14. The molecule has 8 N–H and O–H groups in total. The number of hydrogen-bond acceptors (Lipinski definition) is 18. The summed E-state index contributed by atoms with van der Waals surface area (Å²) >= 11 is 3.26. The van der Waals surface area contributed by atoms with E-state index in [1.54, 1.807) is 107 Å². The van der Waals surface area contributed by atoms with E-state index in [-0.39, 0.29) is 32.8 Å². The molecule has 0 aliphatic heterocycles. The first-order valence-electron chi connectivity index (χ1n) is 25.2. The number of hydrogen-bond donors (Lipinski definition) is 7. The molecule has 446 valence electrons. The fourth-order valence-electron chi connectivity index (χ4n) is 5.59. The van der Waals surface area contributed by atoms with E-state index in [4.69, 9.17) is 54.2 Å². The first-order chi connectivity index (χ1) is 37.0. The zero-order valence-corrected chi connectivity index (χ0v) is 49.2. The minimum absolute atomic E-state index is 0.0147. The van der Waals surface area contributed by atoms with Crippen LogP contribution in [0.1, 0.15) is 125 Å². The molecule has 3 rings (SSSR count). The van der Waals surface area contributed by atoms with E-state index in [9.17, 15) is 43.2 Å². The molecule has 4 atom stereocenters. The number of nitrogens with one attached hydrogen (secondary N) is 3. The van der Waals surface area contributed by atoms with Crippen LogP contribution in [0.5, 0.6) is 0 Å². The molecule has 0 bridgehead atoms. The van der Waals surface area contributed by atoms with Crippen molar-refractivity contribution in [1.29, 1.82) is 0 Å². The van der Waals surface area contributed by atoms with Crippen molar-refractivity contribution in [2.24, 2.45) is 5.73 Å². The number of carboxylic acids is 2. The number of alkyl halides is 1. The molecule has 0 radical (unpaired) electrons. The molecule has 0 saturated heterocycles. The number of ether oxygens (including phenoxy) is 7. The third-order valence-corrected chi connectivity index (χ3v) is 9.34. The molecular formula is C56H81BrN4O19. The van der Waals surface area contributed by atoms with E-state index in [2.05, 4.69) is 31.9 Å². The number of carbonyl (C=O) groups excluding carboxylic acids is 7. The van der Waals surface area contributed by atoms with E-state index < -0.39 is 114 Å². The van der Waals surface area contributed by atoms with Crippen molar-refractivity contribution < 1.29 is 91.6 Å². The maximum absolute atomic E-state index is 12.0. The average Bonchev–Trinajstić information content (AvgIpc) is 3.33. The lowest BCUT2D eigenvalue weighted by Crippen LogP contribution is -2.45. The molecule has 0 fully saturated rings. The summed E-state index contributed by atoms with van der Waals surface area (Å²) in [6, 6.07) is 23.4. The highest BCUT2D eigenvalue weighted by molar-refractivity contribution is 9.09. The lowest BCUT2D eigenvalue weighted by atomic mass is 10.1. The number of esters is 4. The lowest BCUT2D eigenvalue weighted by molar-refractivity contribution is -0.160. The summed E-state index contributed by atoms with van der Waals surface area (Å²) in [7, 11) is 0. The van der Waals surface area contributed by atoms with E-state index in [0.29, 0.717) is 11.8 Å². The van der Waals surface area contributed by atoms with Gasteiger partial charge in [0.2, 0.25) is 0 Å². The second kappa shape index (κ2) is 36.8. The van der Waals surface area contributed by atoms with Crippen molar-refractivity contribution in [1.82, 2.24) is 16.0 Å². The van der Waals surface area contributed by atoms with Gasteiger partial charge in [0, 0.05) is 18.4 Å². The number of aliphatic hydroxyl groups is 1. The Morgan fingerprint density at radius 1 is 0.450 bits per heavy atom. The Morgan fingerprint density at radius 2 is 0.725 bits per heavy atom. The Balaban J connectivity index is 0.00000106. The summed E-state index contributed by atoms with van der Waals surface area (Å²) in [5, 5.41) is 33.9. The number of carboxylic acid groups (broad SMARTS) is 2. The van der Waals surface area contributed by atoms with E-state index in [1.165, 1.54) is 0 Å². The van der Waals surface area contributed by atoms with Gasteiger partial charge >= 0.3 is 54.1 Å². The number of benzene rings is 3. The molecule has 0 spiro atoms. The van der Waals surface area contributed by atoms with Crippen LogP contribution in [0.2, 0.25) is 0 Å². The minimum Gasteiger partial charge on any atom is -0.481 e.